The number of ether oxygens (including phenoxy) is 9. The van der Waals surface area contributed by atoms with Gasteiger partial charge in [-0.25, -0.2) is 38.7 Å². The maximum atomic E-state index is 14.1. The van der Waals surface area contributed by atoms with Crippen molar-refractivity contribution in [3.63, 3.8) is 0 Å². The van der Waals surface area contributed by atoms with E-state index in [0.717, 1.165) is 33.0 Å². The molecule has 104 heavy (non-hydrogen) atoms. The molecule has 0 bridgehead atoms. The van der Waals surface area contributed by atoms with Crippen molar-refractivity contribution in [2.24, 2.45) is 11.8 Å². The van der Waals surface area contributed by atoms with Crippen molar-refractivity contribution in [1.29, 1.82) is 0 Å². The van der Waals surface area contributed by atoms with Crippen molar-refractivity contribution in [1.82, 2.24) is 28.9 Å². The topological polar surface area (TPSA) is 336 Å². The van der Waals surface area contributed by atoms with Gasteiger partial charge < -0.3 is 71.8 Å². The highest BCUT2D eigenvalue weighted by Crippen LogP contribution is 2.45. The first-order valence-corrected chi connectivity index (χ1v) is 35.0. The minimum Gasteiger partial charge on any atom is -0.481 e. The Morgan fingerprint density at radius 1 is 0.529 bits per heavy atom. The van der Waals surface area contributed by atoms with Gasteiger partial charge in [0, 0.05) is 59.2 Å². The second-order valence-electron chi connectivity index (χ2n) is 30.4. The van der Waals surface area contributed by atoms with Crippen molar-refractivity contribution < 1.29 is 91.2 Å². The smallest absolute Gasteiger partial charge is 0.481 e. The first-order valence-electron chi connectivity index (χ1n) is 35.0. The largest absolute Gasteiger partial charge is 0.514 e. The summed E-state index contributed by atoms with van der Waals surface area (Å²) < 4.78 is 52.1. The SMILES string of the molecule is C.CC(C)(C)OC(=O)N1CCC(C(=O)O)CC1.CCc1c2c(nc3ccc(OC(=O)OC(C)(C)C)cc13)-c1cc3c(c(=O)n1C2)COC(=O)C3(CC)OC(=O)C1CCN(C(=O)OC(C)(C)C)CC1.CCc1c2c(nc3ccc(OC(=O)OC(C)(C)C)cc13)-c1cc3c(c(=O)n1C2)COC(=O)C3(O)CC. The van der Waals surface area contributed by atoms with Crippen LogP contribution in [0.1, 0.15) is 201 Å². The standard InChI is InChI=1S/C38H45N3O10.C27H28N2O7.C11H19NO4.CH4/c1-9-23-24-17-22(48-35(46)51-37(6,7)8)11-12-28(24)39-30-25(23)19-41-29(30)18-27-26(31(41)42)20-47-33(44)38(27,10-2)49-32(43)21-13-15-40(16-14-21)34(45)50-36(3,4)5;1-6-15-16-10-14(35-25(32)36-26(3,4)5)8-9-20(16)28-22-17(15)12-29-21(22)11-19-18(23(29)30)13-34-24(31)27(19,33)7-2;1-11(2,3)16-10(15)12-6-4-8(5-7-12)9(13)14;/h11-12,17-18,21H,9-10,13-16,19-20H2,1-8H3;8-11,33H,6-7,12-13H2,1-5H3;8H,4-7H2,1-3H3,(H,13,14);1H4. The summed E-state index contributed by atoms with van der Waals surface area (Å²) in [5.41, 5.74) is 1.43. The Hall–Kier alpha value is -9.92. The van der Waals surface area contributed by atoms with Crippen LogP contribution < -0.4 is 20.6 Å². The van der Waals surface area contributed by atoms with E-state index in [0.29, 0.717) is 122 Å². The van der Waals surface area contributed by atoms with Crippen LogP contribution >= 0.6 is 0 Å². The molecule has 6 aromatic rings. The third kappa shape index (κ3) is 16.2. The molecule has 2 amide bonds. The average Bonchev–Trinajstić information content (AvgIpc) is 1.51. The fourth-order valence-electron chi connectivity index (χ4n) is 13.6. The molecule has 10 heterocycles. The Bertz CT molecular complexity index is 4550. The Morgan fingerprint density at radius 2 is 0.923 bits per heavy atom. The highest BCUT2D eigenvalue weighted by atomic mass is 16.7. The number of carboxylic acids is 1. The molecule has 0 aliphatic carbocycles. The molecule has 27 nitrogen and oxygen atoms in total. The third-order valence-corrected chi connectivity index (χ3v) is 18.7. The number of aliphatic carboxylic acids is 1. The lowest BCUT2D eigenvalue weighted by molar-refractivity contribution is -0.192. The van der Waals surface area contributed by atoms with Crippen LogP contribution in [0.15, 0.2) is 58.1 Å². The number of esters is 3. The number of aliphatic hydroxyl groups is 1. The van der Waals surface area contributed by atoms with Crippen molar-refractivity contribution in [2.75, 3.05) is 26.2 Å². The molecule has 12 rings (SSSR count). The second-order valence-corrected chi connectivity index (χ2v) is 30.4. The number of rotatable bonds is 9. The van der Waals surface area contributed by atoms with E-state index in [1.54, 1.807) is 144 Å². The first-order chi connectivity index (χ1) is 48.2. The van der Waals surface area contributed by atoms with Crippen LogP contribution in [0, 0.1) is 11.8 Å². The molecular weight excluding hydrogens is 1340 g/mol. The number of carbonyl (C=O) groups is 8. The van der Waals surface area contributed by atoms with Crippen LogP contribution in [0.2, 0.25) is 0 Å². The molecule has 27 heteroatoms. The van der Waals surface area contributed by atoms with Crippen LogP contribution in [0.25, 0.3) is 44.6 Å². The Kier molecular flexibility index (Phi) is 22.3. The minimum atomic E-state index is -1.87. The highest BCUT2D eigenvalue weighted by Gasteiger charge is 2.52. The molecule has 2 atom stereocenters. The number of carbonyl (C=O) groups excluding carboxylic acids is 7. The number of benzene rings is 2. The molecule has 2 fully saturated rings. The summed E-state index contributed by atoms with van der Waals surface area (Å²) in [7, 11) is 0. The second kappa shape index (κ2) is 29.7. The summed E-state index contributed by atoms with van der Waals surface area (Å²) in [6, 6.07) is 13.7. The number of hydrogen-bond acceptors (Lipinski definition) is 22. The molecule has 6 aliphatic heterocycles. The van der Waals surface area contributed by atoms with Gasteiger partial charge in [0.2, 0.25) is 5.60 Å². The number of aromatic nitrogens is 4. The van der Waals surface area contributed by atoms with Gasteiger partial charge in [-0.05, 0) is 194 Å². The summed E-state index contributed by atoms with van der Waals surface area (Å²) in [5, 5.41) is 21.5. The lowest BCUT2D eigenvalue weighted by Gasteiger charge is -2.38. The van der Waals surface area contributed by atoms with Crippen LogP contribution in [0.4, 0.5) is 19.2 Å². The summed E-state index contributed by atoms with van der Waals surface area (Å²) in [4.78, 5) is 140. The summed E-state index contributed by atoms with van der Waals surface area (Å²) in [6.07, 6.45) is 0.664. The maximum absolute atomic E-state index is 14.1. The number of aryl methyl sites for hydroxylation is 2. The molecule has 4 aromatic heterocycles. The fourth-order valence-corrected chi connectivity index (χ4v) is 13.6. The molecule has 560 valence electrons. The van der Waals surface area contributed by atoms with Crippen LogP contribution in [0.3, 0.4) is 0 Å². The monoisotopic (exact) mass is 1440 g/mol. The molecule has 0 radical (unpaired) electrons. The normalized spacial score (nSPS) is 18.4. The van der Waals surface area contributed by atoms with Crippen molar-refractivity contribution in [3.8, 4) is 34.3 Å². The van der Waals surface area contributed by atoms with Crippen molar-refractivity contribution in [2.45, 2.75) is 229 Å². The fraction of sp³-hybridized carbons (Fsp3) is 0.532. The van der Waals surface area contributed by atoms with Gasteiger partial charge in [0.15, 0.2) is 5.60 Å². The van der Waals surface area contributed by atoms with Gasteiger partial charge in [0.25, 0.3) is 11.1 Å². The third-order valence-electron chi connectivity index (χ3n) is 18.7. The van der Waals surface area contributed by atoms with Gasteiger partial charge in [-0.3, -0.25) is 19.2 Å². The van der Waals surface area contributed by atoms with E-state index in [-0.39, 0.29) is 79.8 Å². The number of piperidine rings is 2. The van der Waals surface area contributed by atoms with Gasteiger partial charge >= 0.3 is 48.4 Å². The average molecular weight is 1440 g/mol. The quantitative estimate of drug-likeness (QED) is 0.0770. The van der Waals surface area contributed by atoms with Gasteiger partial charge in [-0.2, -0.15) is 0 Å². The zero-order valence-electron chi connectivity index (χ0n) is 61.4. The summed E-state index contributed by atoms with van der Waals surface area (Å²) >= 11 is 0. The van der Waals surface area contributed by atoms with E-state index < -0.39 is 81.8 Å². The number of likely N-dealkylation sites (tertiary alicyclic amines) is 2. The summed E-state index contributed by atoms with van der Waals surface area (Å²) in [6.45, 7) is 30.4. The van der Waals surface area contributed by atoms with Gasteiger partial charge in [-0.15, -0.1) is 0 Å². The Balaban J connectivity index is 0.000000205. The highest BCUT2D eigenvalue weighted by molar-refractivity contribution is 5.93. The van der Waals surface area contributed by atoms with E-state index in [1.807, 2.05) is 34.6 Å². The number of fused-ring (bicyclic) bond motifs is 10. The number of nitrogens with zero attached hydrogens (tertiary/aromatic N) is 6. The zero-order valence-corrected chi connectivity index (χ0v) is 61.4. The lowest BCUT2D eigenvalue weighted by atomic mass is 9.85. The molecule has 2 aromatic carbocycles. The molecule has 2 N–H and O–H groups in total. The predicted molar refractivity (Wildman–Crippen MR) is 381 cm³/mol. The van der Waals surface area contributed by atoms with E-state index >= 15 is 0 Å². The van der Waals surface area contributed by atoms with Crippen LogP contribution in [0.5, 0.6) is 11.5 Å². The molecule has 2 saturated heterocycles. The van der Waals surface area contributed by atoms with Gasteiger partial charge in [0.05, 0.1) is 69.9 Å². The van der Waals surface area contributed by atoms with E-state index in [1.165, 1.54) is 0 Å². The van der Waals surface area contributed by atoms with E-state index in [9.17, 15) is 53.1 Å². The zero-order chi connectivity index (χ0) is 75.4. The summed E-state index contributed by atoms with van der Waals surface area (Å²) in [5.74, 6) is -3.10. The first kappa shape index (κ1) is 78.2. The molecule has 2 unspecified atom stereocenters. The maximum Gasteiger partial charge on any atom is 0.514 e. The molecule has 6 aliphatic rings. The number of cyclic esters (lactones) is 2. The van der Waals surface area contributed by atoms with Crippen LogP contribution in [-0.4, -0.2) is 136 Å². The van der Waals surface area contributed by atoms with Crippen molar-refractivity contribution >= 4 is 70.2 Å². The molecule has 0 spiro atoms. The van der Waals surface area contributed by atoms with E-state index in [2.05, 4.69) is 0 Å². The minimum absolute atomic E-state index is 0. The van der Waals surface area contributed by atoms with Crippen molar-refractivity contribution in [3.05, 3.63) is 114 Å². The lowest BCUT2D eigenvalue weighted by Crippen LogP contribution is -2.49. The number of hydrogen-bond donors (Lipinski definition) is 2. The molecule has 0 saturated carbocycles. The predicted octanol–water partition coefficient (Wildman–Crippen LogP) is 12.5. The van der Waals surface area contributed by atoms with Crippen LogP contribution in [-0.2, 0) is 103 Å². The van der Waals surface area contributed by atoms with Gasteiger partial charge in [-0.1, -0.05) is 35.1 Å². The molecular formula is C77H96N6O21. The number of carboxylic acid groups (broad SMARTS) is 1. The number of amides is 2. The Morgan fingerprint density at radius 3 is 1.31 bits per heavy atom. The number of pyridine rings is 4. The van der Waals surface area contributed by atoms with Gasteiger partial charge in [0.1, 0.15) is 47.1 Å². The van der Waals surface area contributed by atoms with E-state index in [4.69, 9.17) is 57.7 Å². The Labute approximate surface area is 603 Å².